The largest absolute Gasteiger partial charge is 0.344 e. The molecule has 0 aliphatic carbocycles. The number of piperidine rings is 1. The molecule has 1 aromatic heterocycles. The van der Waals surface area contributed by atoms with E-state index in [1.807, 2.05) is 28.9 Å². The zero-order valence-electron chi connectivity index (χ0n) is 14.6. The maximum absolute atomic E-state index is 12.6. The molecule has 2 N–H and O–H groups in total. The topological polar surface area (TPSA) is 71.8 Å². The molecule has 3 rings (SSSR count). The van der Waals surface area contributed by atoms with E-state index in [0.29, 0.717) is 16.8 Å². The van der Waals surface area contributed by atoms with Gasteiger partial charge in [0.1, 0.15) is 0 Å². The number of nitrogens with one attached hydrogen (secondary N) is 2. The van der Waals surface area contributed by atoms with E-state index in [2.05, 4.69) is 34.8 Å². The van der Waals surface area contributed by atoms with Crippen LogP contribution < -0.4 is 10.6 Å². The Morgan fingerprint density at radius 2 is 1.96 bits per heavy atom. The molecule has 1 atom stereocenters. The van der Waals surface area contributed by atoms with E-state index in [1.54, 1.807) is 6.20 Å². The van der Waals surface area contributed by atoms with Gasteiger partial charge >= 0.3 is 0 Å². The van der Waals surface area contributed by atoms with E-state index in [-0.39, 0.29) is 17.9 Å². The highest BCUT2D eigenvalue weighted by atomic mass is 35.5. The summed E-state index contributed by atoms with van der Waals surface area (Å²) in [6.07, 6.45) is 3.76. The van der Waals surface area contributed by atoms with Crippen molar-refractivity contribution in [2.75, 3.05) is 13.1 Å². The number of hydrogen-bond donors (Lipinski definition) is 2. The molecule has 6 nitrogen and oxygen atoms in total. The molecule has 2 heterocycles. The molecule has 0 spiro atoms. The summed E-state index contributed by atoms with van der Waals surface area (Å²) in [7, 11) is 0. The van der Waals surface area contributed by atoms with Crippen LogP contribution in [0.25, 0.3) is 0 Å². The Morgan fingerprint density at radius 1 is 1.28 bits per heavy atom. The van der Waals surface area contributed by atoms with Crippen molar-refractivity contribution in [3.05, 3.63) is 46.7 Å². The van der Waals surface area contributed by atoms with Crippen molar-refractivity contribution in [2.24, 2.45) is 5.92 Å². The van der Waals surface area contributed by atoms with Gasteiger partial charge in [-0.3, -0.25) is 4.79 Å². The minimum Gasteiger partial charge on any atom is -0.344 e. The van der Waals surface area contributed by atoms with E-state index in [1.165, 1.54) is 0 Å². The summed E-state index contributed by atoms with van der Waals surface area (Å²) in [6, 6.07) is 7.77. The fraction of sp³-hybridized carbons (Fsp3) is 0.500. The molecule has 1 unspecified atom stereocenters. The van der Waals surface area contributed by atoms with Gasteiger partial charge in [0, 0.05) is 5.02 Å². The van der Waals surface area contributed by atoms with Gasteiger partial charge in [0.25, 0.3) is 5.91 Å². The summed E-state index contributed by atoms with van der Waals surface area (Å²) in [4.78, 5) is 12.6. The summed E-state index contributed by atoms with van der Waals surface area (Å²) in [5, 5.41) is 15.3. The minimum atomic E-state index is -0.200. The number of carbonyl (C=O) groups excluding carboxylic acids is 1. The van der Waals surface area contributed by atoms with Crippen LogP contribution in [0.4, 0.5) is 0 Å². The fourth-order valence-corrected chi connectivity index (χ4v) is 3.28. The number of amides is 1. The number of carbonyl (C=O) groups is 1. The lowest BCUT2D eigenvalue weighted by Gasteiger charge is -2.23. The summed E-state index contributed by atoms with van der Waals surface area (Å²) in [5.41, 5.74) is 1.39. The van der Waals surface area contributed by atoms with Crippen LogP contribution in [0.1, 0.15) is 54.8 Å². The summed E-state index contributed by atoms with van der Waals surface area (Å²) in [5.74, 6) is 0.0402. The minimum absolute atomic E-state index is 0.103. The van der Waals surface area contributed by atoms with Crippen molar-refractivity contribution < 1.29 is 4.79 Å². The van der Waals surface area contributed by atoms with Crippen molar-refractivity contribution in [1.29, 1.82) is 0 Å². The van der Waals surface area contributed by atoms with Crippen molar-refractivity contribution in [1.82, 2.24) is 25.6 Å². The first-order valence-electron chi connectivity index (χ1n) is 8.73. The Hall–Kier alpha value is -1.92. The zero-order valence-corrected chi connectivity index (χ0v) is 15.3. The van der Waals surface area contributed by atoms with E-state index in [0.717, 1.165) is 31.5 Å². The van der Waals surface area contributed by atoms with E-state index in [9.17, 15) is 4.79 Å². The molecule has 25 heavy (non-hydrogen) atoms. The Kier molecular flexibility index (Phi) is 5.71. The summed E-state index contributed by atoms with van der Waals surface area (Å²) < 4.78 is 1.82. The molecule has 134 valence electrons. The lowest BCUT2D eigenvalue weighted by atomic mass is 9.96. The lowest BCUT2D eigenvalue weighted by Crippen LogP contribution is -2.32. The van der Waals surface area contributed by atoms with Gasteiger partial charge in [-0.05, 0) is 49.5 Å². The molecule has 1 aliphatic heterocycles. The molecule has 0 saturated carbocycles. The standard InChI is InChI=1S/C18H24ClN5O/c1-12(2)17(13-3-5-14(19)6-4-13)21-18(25)16-11-24(23-22-16)15-7-9-20-10-8-15/h3-6,11-12,15,17,20H,7-10H2,1-2H3,(H,21,25). The first kappa shape index (κ1) is 17.9. The average Bonchev–Trinajstić information content (AvgIpc) is 3.11. The van der Waals surface area contributed by atoms with Crippen LogP contribution in [0.15, 0.2) is 30.5 Å². The second-order valence-electron chi connectivity index (χ2n) is 6.81. The molecule has 1 fully saturated rings. The predicted octanol–water partition coefficient (Wildman–Crippen LogP) is 2.98. The third-order valence-electron chi connectivity index (χ3n) is 4.61. The highest BCUT2D eigenvalue weighted by Crippen LogP contribution is 2.24. The van der Waals surface area contributed by atoms with Crippen LogP contribution in [-0.4, -0.2) is 34.0 Å². The number of benzene rings is 1. The van der Waals surface area contributed by atoms with E-state index < -0.39 is 0 Å². The van der Waals surface area contributed by atoms with Gasteiger partial charge in [-0.1, -0.05) is 42.8 Å². The van der Waals surface area contributed by atoms with E-state index >= 15 is 0 Å². The van der Waals surface area contributed by atoms with Crippen molar-refractivity contribution in [3.63, 3.8) is 0 Å². The lowest BCUT2D eigenvalue weighted by molar-refractivity contribution is 0.0920. The normalized spacial score (nSPS) is 16.8. The third kappa shape index (κ3) is 4.38. The smallest absolute Gasteiger partial charge is 0.273 e. The molecule has 7 heteroatoms. The molecule has 1 aliphatic rings. The highest BCUT2D eigenvalue weighted by molar-refractivity contribution is 6.30. The number of aromatic nitrogens is 3. The van der Waals surface area contributed by atoms with E-state index in [4.69, 9.17) is 11.6 Å². The second kappa shape index (κ2) is 7.97. The Labute approximate surface area is 152 Å². The first-order valence-corrected chi connectivity index (χ1v) is 9.11. The van der Waals surface area contributed by atoms with Crippen LogP contribution in [0.2, 0.25) is 5.02 Å². The third-order valence-corrected chi connectivity index (χ3v) is 4.86. The van der Waals surface area contributed by atoms with Gasteiger partial charge in [0.15, 0.2) is 5.69 Å². The number of nitrogens with zero attached hydrogens (tertiary/aromatic N) is 3. The van der Waals surface area contributed by atoms with Crippen LogP contribution in [0, 0.1) is 5.92 Å². The molecule has 1 amide bonds. The molecule has 0 bridgehead atoms. The van der Waals surface area contributed by atoms with Gasteiger partial charge in [-0.25, -0.2) is 4.68 Å². The Morgan fingerprint density at radius 3 is 2.60 bits per heavy atom. The molecular formula is C18H24ClN5O. The van der Waals surface area contributed by atoms with Crippen molar-refractivity contribution >= 4 is 17.5 Å². The van der Waals surface area contributed by atoms with Crippen molar-refractivity contribution in [2.45, 2.75) is 38.8 Å². The molecule has 2 aromatic rings. The maximum atomic E-state index is 12.6. The molecule has 0 radical (unpaired) electrons. The maximum Gasteiger partial charge on any atom is 0.273 e. The Balaban J connectivity index is 1.71. The number of hydrogen-bond acceptors (Lipinski definition) is 4. The van der Waals surface area contributed by atoms with Gasteiger partial charge in [0.2, 0.25) is 0 Å². The first-order chi connectivity index (χ1) is 12.0. The van der Waals surface area contributed by atoms with Crippen LogP contribution >= 0.6 is 11.6 Å². The molecular weight excluding hydrogens is 338 g/mol. The zero-order chi connectivity index (χ0) is 17.8. The van der Waals surface area contributed by atoms with Crippen LogP contribution in [0.3, 0.4) is 0 Å². The SMILES string of the molecule is CC(C)C(NC(=O)c1cn(C2CCNCC2)nn1)c1ccc(Cl)cc1. The monoisotopic (exact) mass is 361 g/mol. The van der Waals surface area contributed by atoms with Crippen LogP contribution in [0.5, 0.6) is 0 Å². The van der Waals surface area contributed by atoms with Gasteiger partial charge < -0.3 is 10.6 Å². The number of rotatable bonds is 5. The van der Waals surface area contributed by atoms with Gasteiger partial charge in [0.05, 0.1) is 18.3 Å². The quantitative estimate of drug-likeness (QED) is 0.858. The van der Waals surface area contributed by atoms with Gasteiger partial charge in [-0.15, -0.1) is 5.10 Å². The molecule has 1 aromatic carbocycles. The van der Waals surface area contributed by atoms with Crippen molar-refractivity contribution in [3.8, 4) is 0 Å². The highest BCUT2D eigenvalue weighted by Gasteiger charge is 2.22. The van der Waals surface area contributed by atoms with Crippen LogP contribution in [-0.2, 0) is 0 Å². The number of halogens is 1. The second-order valence-corrected chi connectivity index (χ2v) is 7.25. The summed E-state index contributed by atoms with van der Waals surface area (Å²) >= 11 is 5.96. The summed E-state index contributed by atoms with van der Waals surface area (Å²) in [6.45, 7) is 6.09. The average molecular weight is 362 g/mol. The predicted molar refractivity (Wildman–Crippen MR) is 97.7 cm³/mol. The van der Waals surface area contributed by atoms with Gasteiger partial charge in [-0.2, -0.15) is 0 Å². The fourth-order valence-electron chi connectivity index (χ4n) is 3.15. The Bertz CT molecular complexity index is 707. The molecule has 1 saturated heterocycles.